The van der Waals surface area contributed by atoms with E-state index in [1.807, 2.05) is 0 Å². The summed E-state index contributed by atoms with van der Waals surface area (Å²) in [5.41, 5.74) is 0. The Balaban J connectivity index is 3.37. The maximum absolute atomic E-state index is 8.30. The second kappa shape index (κ2) is 5.04. The third kappa shape index (κ3) is 3.48. The second-order valence-corrected chi connectivity index (χ2v) is 1.27. The van der Waals surface area contributed by atoms with Gasteiger partial charge in [-0.25, -0.2) is 0 Å². The fraction of sp³-hybridized carbons (Fsp3) is 0.600. The van der Waals surface area contributed by atoms with E-state index < -0.39 is 6.10 Å². The Morgan fingerprint density at radius 3 is 2.56 bits per heavy atom. The highest BCUT2D eigenvalue weighted by Crippen LogP contribution is 1.85. The van der Waals surface area contributed by atoms with Crippen molar-refractivity contribution in [1.29, 1.82) is 10.5 Å². The molecule has 0 aromatic rings. The summed E-state index contributed by atoms with van der Waals surface area (Å²) in [5, 5.41) is 24.3. The van der Waals surface area contributed by atoms with Crippen molar-refractivity contribution >= 4 is 0 Å². The van der Waals surface area contributed by atoms with Gasteiger partial charge in [0.15, 0.2) is 6.10 Å². The molecule has 1 N–H and O–H groups in total. The van der Waals surface area contributed by atoms with Gasteiger partial charge in [-0.2, -0.15) is 10.5 Å². The standard InChI is InChI=1S/C5H6N2O2/c6-1-2-9-5(3-7)4-8/h5,8H,2,4H2. The highest BCUT2D eigenvalue weighted by molar-refractivity contribution is 4.84. The van der Waals surface area contributed by atoms with Gasteiger partial charge in [0, 0.05) is 0 Å². The third-order valence-electron chi connectivity index (χ3n) is 0.659. The van der Waals surface area contributed by atoms with Crippen LogP contribution in [0.25, 0.3) is 0 Å². The van der Waals surface area contributed by atoms with Crippen LogP contribution in [0.4, 0.5) is 0 Å². The SMILES string of the molecule is N#CCOC(C#N)CO. The van der Waals surface area contributed by atoms with E-state index in [0.717, 1.165) is 0 Å². The van der Waals surface area contributed by atoms with Gasteiger partial charge in [-0.05, 0) is 0 Å². The molecule has 4 heteroatoms. The van der Waals surface area contributed by atoms with E-state index in [0.29, 0.717) is 0 Å². The number of aliphatic hydroxyl groups is 1. The quantitative estimate of drug-likeness (QED) is 0.548. The van der Waals surface area contributed by atoms with Crippen LogP contribution in [0.3, 0.4) is 0 Å². The molecule has 0 aliphatic rings. The van der Waals surface area contributed by atoms with Gasteiger partial charge in [0.2, 0.25) is 0 Å². The molecular weight excluding hydrogens is 120 g/mol. The first-order chi connectivity index (χ1) is 4.35. The minimum atomic E-state index is -0.857. The van der Waals surface area contributed by atoms with E-state index >= 15 is 0 Å². The van der Waals surface area contributed by atoms with Crippen LogP contribution in [0.15, 0.2) is 0 Å². The normalized spacial score (nSPS) is 11.4. The van der Waals surface area contributed by atoms with Gasteiger partial charge in [-0.3, -0.25) is 0 Å². The monoisotopic (exact) mass is 126 g/mol. The van der Waals surface area contributed by atoms with Crippen LogP contribution in [-0.4, -0.2) is 24.4 Å². The molecule has 4 nitrogen and oxygen atoms in total. The van der Waals surface area contributed by atoms with Gasteiger partial charge in [0.25, 0.3) is 0 Å². The molecule has 0 fully saturated rings. The van der Waals surface area contributed by atoms with Gasteiger partial charge in [-0.1, -0.05) is 0 Å². The smallest absolute Gasteiger partial charge is 0.168 e. The Bertz CT molecular complexity index is 144. The maximum Gasteiger partial charge on any atom is 0.168 e. The molecule has 0 aliphatic carbocycles. The number of nitriles is 2. The first-order valence-corrected chi connectivity index (χ1v) is 2.34. The summed E-state index contributed by atoms with van der Waals surface area (Å²) in [6.07, 6.45) is -0.857. The number of rotatable bonds is 3. The maximum atomic E-state index is 8.30. The van der Waals surface area contributed by atoms with Crippen LogP contribution < -0.4 is 0 Å². The molecule has 0 radical (unpaired) electrons. The van der Waals surface area contributed by atoms with E-state index in [1.54, 1.807) is 12.1 Å². The van der Waals surface area contributed by atoms with E-state index in [-0.39, 0.29) is 13.2 Å². The molecule has 0 amide bonds. The average molecular weight is 126 g/mol. The Kier molecular flexibility index (Phi) is 4.43. The Morgan fingerprint density at radius 1 is 1.56 bits per heavy atom. The fourth-order valence-electron chi connectivity index (χ4n) is 0.269. The number of hydrogen-bond donors (Lipinski definition) is 1. The summed E-state index contributed by atoms with van der Waals surface area (Å²) in [4.78, 5) is 0. The lowest BCUT2D eigenvalue weighted by Gasteiger charge is -2.00. The zero-order chi connectivity index (χ0) is 7.11. The molecular formula is C5H6N2O2. The molecule has 1 unspecified atom stereocenters. The molecule has 0 rings (SSSR count). The topological polar surface area (TPSA) is 77.0 Å². The number of ether oxygens (including phenoxy) is 1. The van der Waals surface area contributed by atoms with Crippen LogP contribution in [-0.2, 0) is 4.74 Å². The number of aliphatic hydroxyl groups excluding tert-OH is 1. The minimum Gasteiger partial charge on any atom is -0.393 e. The van der Waals surface area contributed by atoms with E-state index in [1.165, 1.54) is 0 Å². The highest BCUT2D eigenvalue weighted by Gasteiger charge is 2.02. The minimum absolute atomic E-state index is 0.154. The molecule has 48 valence electrons. The van der Waals surface area contributed by atoms with E-state index in [9.17, 15) is 0 Å². The van der Waals surface area contributed by atoms with Gasteiger partial charge in [0.05, 0.1) is 18.7 Å². The molecule has 0 aliphatic heterocycles. The summed E-state index contributed by atoms with van der Waals surface area (Å²) in [6.45, 7) is -0.517. The van der Waals surface area contributed by atoms with Crippen LogP contribution in [0.1, 0.15) is 0 Å². The number of nitrogens with zero attached hydrogens (tertiary/aromatic N) is 2. The zero-order valence-corrected chi connectivity index (χ0v) is 4.74. The van der Waals surface area contributed by atoms with Gasteiger partial charge in [0.1, 0.15) is 6.61 Å². The van der Waals surface area contributed by atoms with Gasteiger partial charge >= 0.3 is 0 Å². The van der Waals surface area contributed by atoms with Crippen LogP contribution in [0.5, 0.6) is 0 Å². The van der Waals surface area contributed by atoms with Crippen molar-refractivity contribution in [3.05, 3.63) is 0 Å². The molecule has 0 saturated carbocycles. The molecule has 9 heavy (non-hydrogen) atoms. The van der Waals surface area contributed by atoms with Crippen LogP contribution in [0.2, 0.25) is 0 Å². The lowest BCUT2D eigenvalue weighted by molar-refractivity contribution is 0.0670. The summed E-state index contributed by atoms with van der Waals surface area (Å²) in [5.74, 6) is 0. The predicted molar refractivity (Wildman–Crippen MR) is 28.1 cm³/mol. The molecule has 0 aromatic heterocycles. The lowest BCUT2D eigenvalue weighted by Crippen LogP contribution is -2.14. The predicted octanol–water partition coefficient (Wildman–Crippen LogP) is -0.589. The Hall–Kier alpha value is -1.10. The summed E-state index contributed by atoms with van der Waals surface area (Å²) in [6, 6.07) is 3.35. The summed E-state index contributed by atoms with van der Waals surface area (Å²) in [7, 11) is 0. The molecule has 0 saturated heterocycles. The Morgan fingerprint density at radius 2 is 2.22 bits per heavy atom. The van der Waals surface area contributed by atoms with Crippen molar-refractivity contribution in [2.75, 3.05) is 13.2 Å². The fourth-order valence-corrected chi connectivity index (χ4v) is 0.269. The molecule has 1 atom stereocenters. The average Bonchev–Trinajstić information content (AvgIpc) is 1.91. The first-order valence-electron chi connectivity index (χ1n) is 2.34. The van der Waals surface area contributed by atoms with Crippen molar-refractivity contribution in [3.8, 4) is 12.1 Å². The second-order valence-electron chi connectivity index (χ2n) is 1.27. The van der Waals surface area contributed by atoms with Crippen LogP contribution >= 0.6 is 0 Å². The van der Waals surface area contributed by atoms with E-state index in [4.69, 9.17) is 15.6 Å². The molecule has 0 heterocycles. The summed E-state index contributed by atoms with van der Waals surface area (Å²) < 4.78 is 4.52. The molecule has 0 spiro atoms. The number of hydrogen-bond acceptors (Lipinski definition) is 4. The van der Waals surface area contributed by atoms with Crippen molar-refractivity contribution in [1.82, 2.24) is 0 Å². The summed E-state index contributed by atoms with van der Waals surface area (Å²) >= 11 is 0. The van der Waals surface area contributed by atoms with Gasteiger partial charge in [-0.15, -0.1) is 0 Å². The lowest BCUT2D eigenvalue weighted by atomic mass is 10.4. The molecule has 0 bridgehead atoms. The van der Waals surface area contributed by atoms with E-state index in [2.05, 4.69) is 4.74 Å². The first kappa shape index (κ1) is 7.90. The Labute approximate surface area is 52.9 Å². The van der Waals surface area contributed by atoms with Crippen molar-refractivity contribution in [2.24, 2.45) is 0 Å². The van der Waals surface area contributed by atoms with Crippen LogP contribution in [0, 0.1) is 22.7 Å². The van der Waals surface area contributed by atoms with Gasteiger partial charge < -0.3 is 9.84 Å². The highest BCUT2D eigenvalue weighted by atomic mass is 16.5. The van der Waals surface area contributed by atoms with Crippen molar-refractivity contribution < 1.29 is 9.84 Å². The third-order valence-corrected chi connectivity index (χ3v) is 0.659. The van der Waals surface area contributed by atoms with Crippen molar-refractivity contribution in [3.63, 3.8) is 0 Å². The zero-order valence-electron chi connectivity index (χ0n) is 4.74. The largest absolute Gasteiger partial charge is 0.393 e. The molecule has 0 aromatic carbocycles. The van der Waals surface area contributed by atoms with Crippen molar-refractivity contribution in [2.45, 2.75) is 6.10 Å².